The van der Waals surface area contributed by atoms with Crippen LogP contribution in [0.3, 0.4) is 0 Å². The van der Waals surface area contributed by atoms with Crippen LogP contribution in [0.1, 0.15) is 51.6 Å². The van der Waals surface area contributed by atoms with Gasteiger partial charge in [0.25, 0.3) is 0 Å². The number of halogens is 1. The van der Waals surface area contributed by atoms with E-state index in [-0.39, 0.29) is 17.4 Å². The van der Waals surface area contributed by atoms with E-state index in [0.717, 1.165) is 44.5 Å². The molecule has 1 aliphatic rings. The highest BCUT2D eigenvalue weighted by Gasteiger charge is 2.32. The Balaban J connectivity index is 2.20. The fraction of sp³-hybridized carbons (Fsp3) is 0.647. The summed E-state index contributed by atoms with van der Waals surface area (Å²) in [4.78, 5) is 2.44. The Morgan fingerprint density at radius 2 is 2.00 bits per heavy atom. The molecule has 1 aromatic rings. The van der Waals surface area contributed by atoms with E-state index in [2.05, 4.69) is 31.0 Å². The van der Waals surface area contributed by atoms with Gasteiger partial charge >= 0.3 is 0 Å². The first-order valence-corrected chi connectivity index (χ1v) is 7.85. The van der Waals surface area contributed by atoms with E-state index < -0.39 is 0 Å². The third-order valence-electron chi connectivity index (χ3n) is 4.88. The number of benzene rings is 1. The van der Waals surface area contributed by atoms with Crippen molar-refractivity contribution in [1.29, 1.82) is 0 Å². The fourth-order valence-corrected chi connectivity index (χ4v) is 3.22. The molecule has 20 heavy (non-hydrogen) atoms. The maximum Gasteiger partial charge on any atom is 0.127 e. The molecule has 1 atom stereocenters. The molecule has 1 aliphatic heterocycles. The average Bonchev–Trinajstić information content (AvgIpc) is 2.70. The highest BCUT2D eigenvalue weighted by Crippen LogP contribution is 2.28. The van der Waals surface area contributed by atoms with Gasteiger partial charge in [0, 0.05) is 30.2 Å². The van der Waals surface area contributed by atoms with E-state index in [0.29, 0.717) is 0 Å². The number of nitrogens with one attached hydrogen (secondary N) is 1. The molecule has 0 aromatic heterocycles. The molecule has 1 saturated heterocycles. The lowest BCUT2D eigenvalue weighted by Crippen LogP contribution is -2.51. The second-order valence-electron chi connectivity index (χ2n) is 5.94. The van der Waals surface area contributed by atoms with Gasteiger partial charge in [-0.05, 0) is 38.8 Å². The third kappa shape index (κ3) is 3.21. The molecule has 1 unspecified atom stereocenters. The highest BCUT2D eigenvalue weighted by atomic mass is 19.1. The minimum Gasteiger partial charge on any atom is -0.310 e. The van der Waals surface area contributed by atoms with Gasteiger partial charge in [0.1, 0.15) is 5.82 Å². The Morgan fingerprint density at radius 1 is 1.30 bits per heavy atom. The van der Waals surface area contributed by atoms with Crippen LogP contribution in [0.4, 0.5) is 4.39 Å². The van der Waals surface area contributed by atoms with Gasteiger partial charge in [-0.15, -0.1) is 0 Å². The topological polar surface area (TPSA) is 15.3 Å². The summed E-state index contributed by atoms with van der Waals surface area (Å²) in [6.07, 6.45) is 3.36. The predicted octanol–water partition coefficient (Wildman–Crippen LogP) is 3.74. The fourth-order valence-electron chi connectivity index (χ4n) is 3.22. The predicted molar refractivity (Wildman–Crippen MR) is 82.3 cm³/mol. The first-order valence-electron chi connectivity index (χ1n) is 7.85. The molecule has 0 amide bonds. The van der Waals surface area contributed by atoms with Crippen LogP contribution in [0.25, 0.3) is 0 Å². The molecule has 112 valence electrons. The van der Waals surface area contributed by atoms with Gasteiger partial charge in [0.05, 0.1) is 0 Å². The first-order chi connectivity index (χ1) is 9.62. The molecule has 0 bridgehead atoms. The molecule has 0 aliphatic carbocycles. The molecule has 1 fully saturated rings. The van der Waals surface area contributed by atoms with E-state index in [9.17, 15) is 4.39 Å². The van der Waals surface area contributed by atoms with Gasteiger partial charge in [0.2, 0.25) is 0 Å². The van der Waals surface area contributed by atoms with Crippen molar-refractivity contribution in [3.63, 3.8) is 0 Å². The molecule has 1 aromatic carbocycles. The average molecular weight is 278 g/mol. The lowest BCUT2D eigenvalue weighted by molar-refractivity contribution is 0.155. The summed E-state index contributed by atoms with van der Waals surface area (Å²) >= 11 is 0. The van der Waals surface area contributed by atoms with Crippen molar-refractivity contribution in [2.24, 2.45) is 0 Å². The van der Waals surface area contributed by atoms with Crippen LogP contribution in [0.15, 0.2) is 24.3 Å². The molecule has 1 heterocycles. The van der Waals surface area contributed by atoms with Gasteiger partial charge in [-0.1, -0.05) is 32.0 Å². The Morgan fingerprint density at radius 3 is 2.65 bits per heavy atom. The zero-order chi connectivity index (χ0) is 14.6. The number of hydrogen-bond donors (Lipinski definition) is 1. The van der Waals surface area contributed by atoms with Gasteiger partial charge in [0.15, 0.2) is 0 Å². The summed E-state index contributed by atoms with van der Waals surface area (Å²) in [5.74, 6) is -0.0872. The summed E-state index contributed by atoms with van der Waals surface area (Å²) < 4.78 is 14.0. The van der Waals surface area contributed by atoms with Crippen LogP contribution in [0.5, 0.6) is 0 Å². The normalized spacial score (nSPS) is 21.4. The van der Waals surface area contributed by atoms with Crippen LogP contribution < -0.4 is 5.32 Å². The van der Waals surface area contributed by atoms with Crippen molar-refractivity contribution in [2.75, 3.05) is 19.6 Å². The van der Waals surface area contributed by atoms with Crippen molar-refractivity contribution < 1.29 is 4.39 Å². The maximum absolute atomic E-state index is 14.0. The Hall–Kier alpha value is -0.930. The van der Waals surface area contributed by atoms with Gasteiger partial charge in [-0.2, -0.15) is 0 Å². The molecule has 2 nitrogen and oxygen atoms in total. The van der Waals surface area contributed by atoms with Crippen LogP contribution >= 0.6 is 0 Å². The Labute approximate surface area is 122 Å². The SMILES string of the molecule is CCC1(CC)CN(C(C)c2ccccc2F)CCCN1. The number of rotatable bonds is 4. The van der Waals surface area contributed by atoms with Crippen molar-refractivity contribution >= 4 is 0 Å². The van der Waals surface area contributed by atoms with Gasteiger partial charge in [-0.3, -0.25) is 4.90 Å². The van der Waals surface area contributed by atoms with E-state index in [4.69, 9.17) is 0 Å². The lowest BCUT2D eigenvalue weighted by atomic mass is 9.91. The van der Waals surface area contributed by atoms with Crippen molar-refractivity contribution in [3.05, 3.63) is 35.6 Å². The van der Waals surface area contributed by atoms with Crippen LogP contribution in [0, 0.1) is 5.82 Å². The van der Waals surface area contributed by atoms with Crippen molar-refractivity contribution in [2.45, 2.75) is 51.6 Å². The quantitative estimate of drug-likeness (QED) is 0.902. The van der Waals surface area contributed by atoms with Gasteiger partial charge in [-0.25, -0.2) is 4.39 Å². The maximum atomic E-state index is 14.0. The summed E-state index contributed by atoms with van der Waals surface area (Å²) in [5.41, 5.74) is 0.992. The summed E-state index contributed by atoms with van der Waals surface area (Å²) in [6, 6.07) is 7.30. The largest absolute Gasteiger partial charge is 0.310 e. The smallest absolute Gasteiger partial charge is 0.127 e. The minimum atomic E-state index is -0.0872. The Kier molecular flexibility index (Phi) is 5.17. The monoisotopic (exact) mass is 278 g/mol. The standard InChI is InChI=1S/C17H27FN2/c1-4-17(5-2)13-20(12-8-11-19-17)14(3)15-9-6-7-10-16(15)18/h6-7,9-10,14,19H,4-5,8,11-13H2,1-3H3. The number of hydrogen-bond acceptors (Lipinski definition) is 2. The molecular weight excluding hydrogens is 251 g/mol. The van der Waals surface area contributed by atoms with Crippen LogP contribution in [-0.2, 0) is 0 Å². The van der Waals surface area contributed by atoms with Crippen LogP contribution in [0.2, 0.25) is 0 Å². The second kappa shape index (κ2) is 6.68. The third-order valence-corrected chi connectivity index (χ3v) is 4.88. The summed E-state index contributed by atoms with van der Waals surface area (Å²) in [5, 5.41) is 3.71. The van der Waals surface area contributed by atoms with E-state index in [1.807, 2.05) is 12.1 Å². The highest BCUT2D eigenvalue weighted by molar-refractivity contribution is 5.21. The van der Waals surface area contributed by atoms with E-state index in [1.54, 1.807) is 12.1 Å². The first kappa shape index (κ1) is 15.5. The van der Waals surface area contributed by atoms with Crippen molar-refractivity contribution in [1.82, 2.24) is 10.2 Å². The number of nitrogens with zero attached hydrogens (tertiary/aromatic N) is 1. The zero-order valence-corrected chi connectivity index (χ0v) is 13.0. The zero-order valence-electron chi connectivity index (χ0n) is 13.0. The lowest BCUT2D eigenvalue weighted by Gasteiger charge is -2.38. The summed E-state index contributed by atoms with van der Waals surface area (Å²) in [6.45, 7) is 9.70. The van der Waals surface area contributed by atoms with E-state index in [1.165, 1.54) is 0 Å². The molecule has 0 saturated carbocycles. The second-order valence-corrected chi connectivity index (χ2v) is 5.94. The minimum absolute atomic E-state index is 0.0872. The molecular formula is C17H27FN2. The summed E-state index contributed by atoms with van der Waals surface area (Å²) in [7, 11) is 0. The molecule has 2 rings (SSSR count). The molecule has 0 spiro atoms. The van der Waals surface area contributed by atoms with E-state index >= 15 is 0 Å². The van der Waals surface area contributed by atoms with Crippen LogP contribution in [-0.4, -0.2) is 30.1 Å². The van der Waals surface area contributed by atoms with Gasteiger partial charge < -0.3 is 5.32 Å². The Bertz CT molecular complexity index is 429. The molecule has 1 N–H and O–H groups in total. The molecule has 3 heteroatoms. The van der Waals surface area contributed by atoms with Crippen molar-refractivity contribution in [3.8, 4) is 0 Å². The molecule has 0 radical (unpaired) electrons.